The van der Waals surface area contributed by atoms with Crippen molar-refractivity contribution in [2.24, 2.45) is 17.8 Å². The van der Waals surface area contributed by atoms with Crippen LogP contribution in [-0.2, 0) is 4.79 Å². The van der Waals surface area contributed by atoms with E-state index in [1.807, 2.05) is 0 Å². The van der Waals surface area contributed by atoms with Crippen LogP contribution in [0.3, 0.4) is 0 Å². The molecule has 2 saturated carbocycles. The van der Waals surface area contributed by atoms with Gasteiger partial charge in [-0.3, -0.25) is 4.79 Å². The third-order valence-electron chi connectivity index (χ3n) is 4.03. The summed E-state index contributed by atoms with van der Waals surface area (Å²) in [5, 5.41) is 2.84. The summed E-state index contributed by atoms with van der Waals surface area (Å²) in [5.41, 5.74) is 0.596. The van der Waals surface area contributed by atoms with Crippen LogP contribution < -0.4 is 10.1 Å². The minimum absolute atomic E-state index is 0.0517. The fraction of sp³-hybridized carbons (Fsp3) is 0.500. The van der Waals surface area contributed by atoms with Gasteiger partial charge < -0.3 is 10.1 Å². The third-order valence-corrected chi connectivity index (χ3v) is 4.03. The molecule has 0 saturated heterocycles. The molecule has 96 valence electrons. The lowest BCUT2D eigenvalue weighted by atomic mass is 10.0. The Morgan fingerprint density at radius 1 is 1.33 bits per heavy atom. The van der Waals surface area contributed by atoms with Crippen molar-refractivity contribution in [3.8, 4) is 5.75 Å². The van der Waals surface area contributed by atoms with E-state index in [4.69, 9.17) is 4.74 Å². The van der Waals surface area contributed by atoms with Crippen LogP contribution in [0.5, 0.6) is 5.75 Å². The van der Waals surface area contributed by atoms with Crippen molar-refractivity contribution >= 4 is 11.6 Å². The summed E-state index contributed by atoms with van der Waals surface area (Å²) in [4.78, 5) is 12.0. The number of benzene rings is 1. The predicted molar refractivity (Wildman–Crippen MR) is 65.9 cm³/mol. The zero-order chi connectivity index (χ0) is 12.7. The van der Waals surface area contributed by atoms with Crippen molar-refractivity contribution < 1.29 is 13.9 Å². The van der Waals surface area contributed by atoms with E-state index in [-0.39, 0.29) is 17.6 Å². The maximum Gasteiger partial charge on any atom is 0.227 e. The normalized spacial score (nSPS) is 28.7. The van der Waals surface area contributed by atoms with Gasteiger partial charge in [-0.2, -0.15) is 0 Å². The van der Waals surface area contributed by atoms with Crippen molar-refractivity contribution in [2.75, 3.05) is 12.4 Å². The number of nitrogens with one attached hydrogen (secondary N) is 1. The molecule has 4 heteroatoms. The molecule has 1 amide bonds. The van der Waals surface area contributed by atoms with E-state index in [1.165, 1.54) is 25.7 Å². The summed E-state index contributed by atoms with van der Waals surface area (Å²) in [6.07, 6.45) is 3.32. The molecule has 3 rings (SSSR count). The van der Waals surface area contributed by atoms with Gasteiger partial charge in [0.05, 0.1) is 7.11 Å². The topological polar surface area (TPSA) is 38.3 Å². The zero-order valence-electron chi connectivity index (χ0n) is 10.3. The van der Waals surface area contributed by atoms with E-state index < -0.39 is 5.82 Å². The quantitative estimate of drug-likeness (QED) is 0.894. The Kier molecular flexibility index (Phi) is 2.73. The third kappa shape index (κ3) is 2.07. The van der Waals surface area contributed by atoms with Crippen LogP contribution in [0.15, 0.2) is 18.2 Å². The Morgan fingerprint density at radius 3 is 2.72 bits per heavy atom. The Balaban J connectivity index is 1.66. The standard InChI is InChI=1S/C14H16FNO2/c1-18-13-7-11(2-3-12(13)15)16-14(17)10-5-8-4-9(8)6-10/h2-3,7-10H,4-6H2,1H3,(H,16,17). The van der Waals surface area contributed by atoms with Crippen molar-refractivity contribution in [1.82, 2.24) is 0 Å². The highest BCUT2D eigenvalue weighted by Gasteiger charge is 2.47. The lowest BCUT2D eigenvalue weighted by molar-refractivity contribution is -0.120. The first-order valence-electron chi connectivity index (χ1n) is 6.32. The minimum atomic E-state index is -0.419. The second kappa shape index (κ2) is 4.26. The molecule has 2 aliphatic rings. The number of anilines is 1. The van der Waals surface area contributed by atoms with Gasteiger partial charge in [-0.05, 0) is 43.2 Å². The summed E-state index contributed by atoms with van der Waals surface area (Å²) in [7, 11) is 1.41. The molecule has 2 aliphatic carbocycles. The van der Waals surface area contributed by atoms with Crippen LogP contribution in [0, 0.1) is 23.6 Å². The van der Waals surface area contributed by atoms with Crippen molar-refractivity contribution in [1.29, 1.82) is 0 Å². The molecule has 0 aromatic heterocycles. The van der Waals surface area contributed by atoms with Crippen molar-refractivity contribution in [3.05, 3.63) is 24.0 Å². The largest absolute Gasteiger partial charge is 0.494 e. The van der Waals surface area contributed by atoms with Crippen LogP contribution in [-0.4, -0.2) is 13.0 Å². The summed E-state index contributed by atoms with van der Waals surface area (Å²) >= 11 is 0. The number of amides is 1. The fourth-order valence-corrected chi connectivity index (χ4v) is 2.91. The molecular formula is C14H16FNO2. The number of ether oxygens (including phenoxy) is 1. The van der Waals surface area contributed by atoms with Gasteiger partial charge in [-0.15, -0.1) is 0 Å². The number of methoxy groups -OCH3 is 1. The lowest BCUT2D eigenvalue weighted by Crippen LogP contribution is -2.21. The fourth-order valence-electron chi connectivity index (χ4n) is 2.91. The molecule has 0 spiro atoms. The van der Waals surface area contributed by atoms with Gasteiger partial charge in [0.25, 0.3) is 0 Å². The van der Waals surface area contributed by atoms with Crippen LogP contribution in [0.1, 0.15) is 19.3 Å². The maximum atomic E-state index is 13.2. The second-order valence-corrected chi connectivity index (χ2v) is 5.26. The van der Waals surface area contributed by atoms with Crippen LogP contribution in [0.25, 0.3) is 0 Å². The van der Waals surface area contributed by atoms with E-state index in [9.17, 15) is 9.18 Å². The van der Waals surface area contributed by atoms with E-state index >= 15 is 0 Å². The molecule has 2 fully saturated rings. The highest BCUT2D eigenvalue weighted by Crippen LogP contribution is 2.54. The predicted octanol–water partition coefficient (Wildman–Crippen LogP) is 2.82. The van der Waals surface area contributed by atoms with Gasteiger partial charge in [0.1, 0.15) is 0 Å². The van der Waals surface area contributed by atoms with Gasteiger partial charge in [-0.1, -0.05) is 0 Å². The van der Waals surface area contributed by atoms with E-state index in [0.717, 1.165) is 24.7 Å². The monoisotopic (exact) mass is 249 g/mol. The van der Waals surface area contributed by atoms with Gasteiger partial charge >= 0.3 is 0 Å². The summed E-state index contributed by atoms with van der Waals surface area (Å²) < 4.78 is 18.1. The Bertz CT molecular complexity index is 479. The van der Waals surface area contributed by atoms with Gasteiger partial charge in [0.2, 0.25) is 5.91 Å². The molecule has 0 heterocycles. The number of hydrogen-bond acceptors (Lipinski definition) is 2. The Hall–Kier alpha value is -1.58. The first-order chi connectivity index (χ1) is 8.67. The molecule has 18 heavy (non-hydrogen) atoms. The zero-order valence-corrected chi connectivity index (χ0v) is 10.3. The van der Waals surface area contributed by atoms with Crippen LogP contribution >= 0.6 is 0 Å². The summed E-state index contributed by atoms with van der Waals surface area (Å²) in [6.45, 7) is 0. The molecule has 0 aliphatic heterocycles. The summed E-state index contributed by atoms with van der Waals surface area (Å²) in [6, 6.07) is 4.38. The molecule has 0 bridgehead atoms. The maximum absolute atomic E-state index is 13.2. The van der Waals surface area contributed by atoms with Crippen LogP contribution in [0.4, 0.5) is 10.1 Å². The van der Waals surface area contributed by atoms with E-state index in [0.29, 0.717) is 5.69 Å². The smallest absolute Gasteiger partial charge is 0.227 e. The molecular weight excluding hydrogens is 233 g/mol. The highest BCUT2D eigenvalue weighted by atomic mass is 19.1. The average molecular weight is 249 g/mol. The Labute approximate surface area is 105 Å². The highest BCUT2D eigenvalue weighted by molar-refractivity contribution is 5.93. The van der Waals surface area contributed by atoms with Gasteiger partial charge in [0.15, 0.2) is 11.6 Å². The number of carbonyl (C=O) groups excluding carboxylic acids is 1. The molecule has 1 N–H and O–H groups in total. The number of hydrogen-bond donors (Lipinski definition) is 1. The molecule has 2 unspecified atom stereocenters. The summed E-state index contributed by atoms with van der Waals surface area (Å²) in [5.74, 6) is 1.48. The van der Waals surface area contributed by atoms with Crippen molar-refractivity contribution in [2.45, 2.75) is 19.3 Å². The molecule has 1 aromatic carbocycles. The molecule has 3 nitrogen and oxygen atoms in total. The first-order valence-corrected chi connectivity index (χ1v) is 6.32. The molecule has 0 radical (unpaired) electrons. The van der Waals surface area contributed by atoms with Crippen molar-refractivity contribution in [3.63, 3.8) is 0 Å². The molecule has 1 aromatic rings. The molecule has 2 atom stereocenters. The van der Waals surface area contributed by atoms with Crippen LogP contribution in [0.2, 0.25) is 0 Å². The number of halogens is 1. The number of rotatable bonds is 3. The van der Waals surface area contributed by atoms with Gasteiger partial charge in [0, 0.05) is 17.7 Å². The van der Waals surface area contributed by atoms with Gasteiger partial charge in [-0.25, -0.2) is 4.39 Å². The van der Waals surface area contributed by atoms with E-state index in [2.05, 4.69) is 5.32 Å². The average Bonchev–Trinajstić information content (AvgIpc) is 2.98. The second-order valence-electron chi connectivity index (χ2n) is 5.26. The Morgan fingerprint density at radius 2 is 2.06 bits per heavy atom. The van der Waals surface area contributed by atoms with E-state index in [1.54, 1.807) is 6.07 Å². The lowest BCUT2D eigenvalue weighted by Gasteiger charge is -2.13. The number of carbonyl (C=O) groups is 1. The SMILES string of the molecule is COc1cc(NC(=O)C2CC3CC3C2)ccc1F. The number of fused-ring (bicyclic) bond motifs is 1. The minimum Gasteiger partial charge on any atom is -0.494 e. The first kappa shape index (κ1) is 11.5.